The van der Waals surface area contributed by atoms with E-state index in [9.17, 15) is 4.79 Å². The van der Waals surface area contributed by atoms with Gasteiger partial charge in [0.1, 0.15) is 17.1 Å². The summed E-state index contributed by atoms with van der Waals surface area (Å²) in [6.45, 7) is 7.85. The number of hydrogen-bond donors (Lipinski definition) is 2. The van der Waals surface area contributed by atoms with Crippen LogP contribution in [0, 0.1) is 0 Å². The summed E-state index contributed by atoms with van der Waals surface area (Å²) >= 11 is 0. The van der Waals surface area contributed by atoms with Gasteiger partial charge in [0.2, 0.25) is 0 Å². The van der Waals surface area contributed by atoms with Gasteiger partial charge in [-0.05, 0) is 69.6 Å². The van der Waals surface area contributed by atoms with E-state index in [4.69, 9.17) is 25.9 Å². The average molecular weight is 507 g/mol. The molecule has 0 saturated carbocycles. The van der Waals surface area contributed by atoms with Crippen LogP contribution in [0.5, 0.6) is 0 Å². The zero-order valence-corrected chi connectivity index (χ0v) is 22.2. The predicted molar refractivity (Wildman–Crippen MR) is 146 cm³/mol. The molecule has 4 rings (SSSR count). The molecule has 0 aliphatic carbocycles. The van der Waals surface area contributed by atoms with E-state index >= 15 is 0 Å². The van der Waals surface area contributed by atoms with Crippen molar-refractivity contribution in [3.8, 4) is 11.3 Å². The lowest BCUT2D eigenvalue weighted by Gasteiger charge is -2.32. The topological polar surface area (TPSA) is 129 Å². The van der Waals surface area contributed by atoms with Gasteiger partial charge in [0.05, 0.1) is 17.9 Å². The summed E-state index contributed by atoms with van der Waals surface area (Å²) in [6, 6.07) is 6.34. The molecule has 1 atom stereocenters. The summed E-state index contributed by atoms with van der Waals surface area (Å²) in [4.78, 5) is 28.3. The molecule has 2 aliphatic rings. The minimum absolute atomic E-state index is 0.0689. The largest absolute Gasteiger partial charge is 0.444 e. The molecule has 37 heavy (non-hydrogen) atoms. The summed E-state index contributed by atoms with van der Waals surface area (Å²) in [6.07, 6.45) is 8.15. The molecule has 0 unspecified atom stereocenters. The first kappa shape index (κ1) is 26.6. The van der Waals surface area contributed by atoms with E-state index in [1.807, 2.05) is 25.7 Å². The molecule has 2 aromatic rings. The van der Waals surface area contributed by atoms with E-state index in [2.05, 4.69) is 28.2 Å². The van der Waals surface area contributed by atoms with Crippen molar-refractivity contribution in [1.29, 1.82) is 0 Å². The number of allylic oxidation sites excluding steroid dienone is 1. The molecule has 1 aromatic carbocycles. The standard InChI is InChI=1S/C28H38N6O3/c1-28(2,3)37-27(35)34-11-5-6-24(34)22-14-19(7-8-21(22)18-9-12-36-13-10-18)23-17-32-26(30)25(33-23)20(15-29)16-31-4/h7-8,14-18,24H,5-6,9-13,29H2,1-4H3,(H2,30,32)/t24-/m0/s1. The lowest BCUT2D eigenvalue weighted by Crippen LogP contribution is -2.36. The smallest absolute Gasteiger partial charge is 0.410 e. The molecule has 2 aliphatic heterocycles. The minimum atomic E-state index is -0.554. The van der Waals surface area contributed by atoms with Gasteiger partial charge in [-0.15, -0.1) is 0 Å². The Kier molecular flexibility index (Phi) is 8.12. The Morgan fingerprint density at radius 1 is 1.22 bits per heavy atom. The number of nitrogen functional groups attached to an aromatic ring is 1. The Morgan fingerprint density at radius 3 is 2.65 bits per heavy atom. The number of aromatic nitrogens is 2. The predicted octanol–water partition coefficient (Wildman–Crippen LogP) is 4.69. The molecular weight excluding hydrogens is 468 g/mol. The molecule has 4 N–H and O–H groups in total. The fourth-order valence-electron chi connectivity index (χ4n) is 5.10. The highest BCUT2D eigenvalue weighted by Crippen LogP contribution is 2.41. The second-order valence-corrected chi connectivity index (χ2v) is 10.6. The molecule has 0 bridgehead atoms. The molecule has 9 nitrogen and oxygen atoms in total. The molecule has 0 spiro atoms. The lowest BCUT2D eigenvalue weighted by molar-refractivity contribution is 0.0222. The number of carbonyl (C=O) groups is 1. The molecule has 2 fully saturated rings. The zero-order valence-electron chi connectivity index (χ0n) is 22.2. The normalized spacial score (nSPS) is 19.5. The monoisotopic (exact) mass is 506 g/mol. The van der Waals surface area contributed by atoms with Crippen molar-refractivity contribution in [1.82, 2.24) is 14.9 Å². The molecule has 9 heteroatoms. The van der Waals surface area contributed by atoms with E-state index in [0.717, 1.165) is 50.0 Å². The number of ether oxygens (including phenoxy) is 2. The number of nitrogens with two attached hydrogens (primary N) is 2. The third-order valence-electron chi connectivity index (χ3n) is 6.81. The van der Waals surface area contributed by atoms with E-state index in [1.54, 1.807) is 19.5 Å². The summed E-state index contributed by atoms with van der Waals surface area (Å²) in [5.41, 5.74) is 16.4. The number of aliphatic imine (C=N–C) groups is 1. The van der Waals surface area contributed by atoms with E-state index in [-0.39, 0.29) is 18.0 Å². The minimum Gasteiger partial charge on any atom is -0.444 e. The van der Waals surface area contributed by atoms with Crippen molar-refractivity contribution in [2.75, 3.05) is 32.5 Å². The maximum absolute atomic E-state index is 13.2. The molecule has 2 saturated heterocycles. The number of amides is 1. The van der Waals surface area contributed by atoms with Crippen molar-refractivity contribution in [2.45, 2.75) is 64.0 Å². The SMILES string of the molecule is CN=CC(=CN)c1nc(-c2ccc(C3CCOCC3)c([C@@H]3CCCN3C(=O)OC(C)(C)C)c2)cnc1N. The average Bonchev–Trinajstić information content (AvgIpc) is 3.37. The van der Waals surface area contributed by atoms with Crippen LogP contribution in [0.15, 0.2) is 35.6 Å². The van der Waals surface area contributed by atoms with Crippen molar-refractivity contribution < 1.29 is 14.3 Å². The molecule has 1 amide bonds. The van der Waals surface area contributed by atoms with Crippen LogP contribution in [0.25, 0.3) is 16.8 Å². The Labute approximate surface area is 219 Å². The number of nitrogens with zero attached hydrogens (tertiary/aromatic N) is 4. The van der Waals surface area contributed by atoms with E-state index in [1.165, 1.54) is 11.8 Å². The van der Waals surface area contributed by atoms with Gasteiger partial charge in [0, 0.05) is 50.4 Å². The molecule has 198 valence electrons. The second kappa shape index (κ2) is 11.3. The van der Waals surface area contributed by atoms with Gasteiger partial charge < -0.3 is 25.8 Å². The first-order chi connectivity index (χ1) is 17.7. The summed E-state index contributed by atoms with van der Waals surface area (Å²) < 4.78 is 11.4. The first-order valence-corrected chi connectivity index (χ1v) is 12.9. The maximum Gasteiger partial charge on any atom is 0.410 e. The van der Waals surface area contributed by atoms with Crippen molar-refractivity contribution in [3.05, 3.63) is 47.4 Å². The quantitative estimate of drug-likeness (QED) is 0.563. The number of rotatable bonds is 5. The van der Waals surface area contributed by atoms with Crippen LogP contribution >= 0.6 is 0 Å². The second-order valence-electron chi connectivity index (χ2n) is 10.6. The van der Waals surface area contributed by atoms with Gasteiger partial charge in [-0.25, -0.2) is 14.8 Å². The molecular formula is C28H38N6O3. The van der Waals surface area contributed by atoms with E-state index in [0.29, 0.717) is 29.4 Å². The highest BCUT2D eigenvalue weighted by Gasteiger charge is 2.35. The van der Waals surface area contributed by atoms with Crippen LogP contribution in [-0.4, -0.2) is 59.6 Å². The van der Waals surface area contributed by atoms with Gasteiger partial charge in [0.15, 0.2) is 0 Å². The van der Waals surface area contributed by atoms with Gasteiger partial charge in [-0.3, -0.25) is 4.99 Å². The summed E-state index contributed by atoms with van der Waals surface area (Å²) in [5.74, 6) is 0.658. The van der Waals surface area contributed by atoms with Gasteiger partial charge in [0.25, 0.3) is 0 Å². The summed E-state index contributed by atoms with van der Waals surface area (Å²) in [5, 5.41) is 0. The Balaban J connectivity index is 1.78. The number of anilines is 1. The van der Waals surface area contributed by atoms with Crippen LogP contribution < -0.4 is 11.5 Å². The molecule has 0 radical (unpaired) electrons. The fourth-order valence-corrected chi connectivity index (χ4v) is 5.10. The fraction of sp³-hybridized carbons (Fsp3) is 0.500. The first-order valence-electron chi connectivity index (χ1n) is 12.9. The maximum atomic E-state index is 13.2. The van der Waals surface area contributed by atoms with Gasteiger partial charge >= 0.3 is 6.09 Å². The van der Waals surface area contributed by atoms with Gasteiger partial charge in [-0.1, -0.05) is 12.1 Å². The van der Waals surface area contributed by atoms with Crippen molar-refractivity contribution >= 4 is 23.7 Å². The number of carbonyl (C=O) groups excluding carboxylic acids is 1. The van der Waals surface area contributed by atoms with Crippen LogP contribution in [0.2, 0.25) is 0 Å². The van der Waals surface area contributed by atoms with Crippen LogP contribution in [0.3, 0.4) is 0 Å². The number of hydrogen-bond acceptors (Lipinski definition) is 8. The Bertz CT molecular complexity index is 1180. The zero-order chi connectivity index (χ0) is 26.6. The number of benzene rings is 1. The van der Waals surface area contributed by atoms with E-state index < -0.39 is 5.60 Å². The Morgan fingerprint density at radius 2 is 1.97 bits per heavy atom. The Hall–Kier alpha value is -3.46. The third kappa shape index (κ3) is 6.10. The highest BCUT2D eigenvalue weighted by atomic mass is 16.6. The molecule has 3 heterocycles. The van der Waals surface area contributed by atoms with Crippen molar-refractivity contribution in [3.63, 3.8) is 0 Å². The number of likely N-dealkylation sites (tertiary alicyclic amines) is 1. The lowest BCUT2D eigenvalue weighted by atomic mass is 9.84. The van der Waals surface area contributed by atoms with Crippen LogP contribution in [0.1, 0.15) is 75.2 Å². The van der Waals surface area contributed by atoms with Crippen LogP contribution in [-0.2, 0) is 9.47 Å². The van der Waals surface area contributed by atoms with Crippen molar-refractivity contribution in [2.24, 2.45) is 10.7 Å². The molecule has 1 aromatic heterocycles. The highest BCUT2D eigenvalue weighted by molar-refractivity contribution is 6.10. The van der Waals surface area contributed by atoms with Gasteiger partial charge in [-0.2, -0.15) is 0 Å². The third-order valence-corrected chi connectivity index (χ3v) is 6.81. The summed E-state index contributed by atoms with van der Waals surface area (Å²) in [7, 11) is 1.66. The van der Waals surface area contributed by atoms with Crippen LogP contribution in [0.4, 0.5) is 10.6 Å².